The van der Waals surface area contributed by atoms with Crippen LogP contribution in [0.5, 0.6) is 0 Å². The van der Waals surface area contributed by atoms with Crippen LogP contribution in [0.1, 0.15) is 20.8 Å². The predicted octanol–water partition coefficient (Wildman–Crippen LogP) is 2.37. The first kappa shape index (κ1) is 15.7. The lowest BCUT2D eigenvalue weighted by molar-refractivity contribution is -0.383. The molecule has 2 rings (SSSR count). The number of rotatable bonds is 4. The molecule has 0 aliphatic carbocycles. The smallest absolute Gasteiger partial charge is 0.329 e. The fraction of sp³-hybridized carbons (Fsp3) is 0.333. The zero-order valence-corrected chi connectivity index (χ0v) is 12.4. The normalized spacial score (nSPS) is 14.0. The molecule has 1 aromatic heterocycles. The molecular formula is C15H16N2O5. The van der Waals surface area contributed by atoms with Crippen LogP contribution in [0.15, 0.2) is 35.3 Å². The number of aliphatic carboxylic acids is 1. The number of aromatic nitrogens is 1. The van der Waals surface area contributed by atoms with Crippen molar-refractivity contribution in [3.63, 3.8) is 0 Å². The van der Waals surface area contributed by atoms with Crippen LogP contribution in [0.3, 0.4) is 0 Å². The van der Waals surface area contributed by atoms with E-state index in [4.69, 9.17) is 0 Å². The molecule has 1 N–H and O–H groups in total. The summed E-state index contributed by atoms with van der Waals surface area (Å²) in [6.07, 6.45) is 1.31. The topological polar surface area (TPSA) is 102 Å². The van der Waals surface area contributed by atoms with Crippen LogP contribution in [0, 0.1) is 16.0 Å². The number of fused-ring (bicyclic) bond motifs is 1. The summed E-state index contributed by atoms with van der Waals surface area (Å²) in [4.78, 5) is 34.8. The largest absolute Gasteiger partial charge is 0.479 e. The number of nitrogens with zero attached hydrogens (tertiary/aromatic N) is 2. The van der Waals surface area contributed by atoms with E-state index in [1.807, 2.05) is 0 Å². The fourth-order valence-electron chi connectivity index (χ4n) is 2.41. The number of nitro benzene ring substituents is 1. The van der Waals surface area contributed by atoms with Crippen LogP contribution in [-0.4, -0.2) is 20.6 Å². The van der Waals surface area contributed by atoms with Crippen LogP contribution in [0.25, 0.3) is 10.8 Å². The fourth-order valence-corrected chi connectivity index (χ4v) is 2.41. The van der Waals surface area contributed by atoms with Crippen molar-refractivity contribution < 1.29 is 14.8 Å². The van der Waals surface area contributed by atoms with Gasteiger partial charge in [-0.25, -0.2) is 4.79 Å². The van der Waals surface area contributed by atoms with E-state index in [1.54, 1.807) is 13.8 Å². The number of carbonyl (C=O) groups is 1. The van der Waals surface area contributed by atoms with E-state index in [0.29, 0.717) is 0 Å². The van der Waals surface area contributed by atoms with Gasteiger partial charge in [-0.15, -0.1) is 0 Å². The molecule has 0 fully saturated rings. The molecule has 22 heavy (non-hydrogen) atoms. The molecule has 0 aliphatic heterocycles. The Morgan fingerprint density at radius 3 is 2.45 bits per heavy atom. The Labute approximate surface area is 126 Å². The van der Waals surface area contributed by atoms with Crippen LogP contribution < -0.4 is 5.56 Å². The number of hydrogen-bond donors (Lipinski definition) is 1. The third kappa shape index (κ3) is 2.14. The monoisotopic (exact) mass is 304 g/mol. The maximum Gasteiger partial charge on any atom is 0.329 e. The molecule has 2 aromatic rings. The summed E-state index contributed by atoms with van der Waals surface area (Å²) in [6.45, 7) is 4.88. The summed E-state index contributed by atoms with van der Waals surface area (Å²) >= 11 is 0. The van der Waals surface area contributed by atoms with E-state index >= 15 is 0 Å². The molecule has 1 aromatic carbocycles. The minimum Gasteiger partial charge on any atom is -0.479 e. The van der Waals surface area contributed by atoms with Gasteiger partial charge in [0.05, 0.1) is 15.7 Å². The highest BCUT2D eigenvalue weighted by Gasteiger charge is 2.39. The van der Waals surface area contributed by atoms with Crippen molar-refractivity contribution in [3.8, 4) is 0 Å². The van der Waals surface area contributed by atoms with Gasteiger partial charge in [-0.3, -0.25) is 19.5 Å². The van der Waals surface area contributed by atoms with Gasteiger partial charge in [0.15, 0.2) is 0 Å². The quantitative estimate of drug-likeness (QED) is 0.690. The Morgan fingerprint density at radius 1 is 1.32 bits per heavy atom. The van der Waals surface area contributed by atoms with Gasteiger partial charge < -0.3 is 5.11 Å². The van der Waals surface area contributed by atoms with E-state index < -0.39 is 22.0 Å². The standard InChI is InChI=1S/C15H16N2O5/c1-9(2)15(3,14(19)20)16-8-7-10-11(13(16)18)5-4-6-12(10)17(21)22/h4-9H,1-3H3,(H,19,20)/t15-/m1/s1. The van der Waals surface area contributed by atoms with Crippen molar-refractivity contribution in [2.75, 3.05) is 0 Å². The van der Waals surface area contributed by atoms with Crippen LogP contribution >= 0.6 is 0 Å². The lowest BCUT2D eigenvalue weighted by Gasteiger charge is -2.31. The van der Waals surface area contributed by atoms with Gasteiger partial charge in [0.1, 0.15) is 5.54 Å². The number of pyridine rings is 1. The molecule has 0 bridgehead atoms. The second-order valence-electron chi connectivity index (χ2n) is 5.59. The average molecular weight is 304 g/mol. The van der Waals surface area contributed by atoms with Crippen LogP contribution in [0.4, 0.5) is 5.69 Å². The second-order valence-corrected chi connectivity index (χ2v) is 5.59. The number of nitro groups is 1. The van der Waals surface area contributed by atoms with E-state index in [-0.39, 0.29) is 22.4 Å². The molecule has 0 saturated carbocycles. The molecule has 0 amide bonds. The Kier molecular flexibility index (Phi) is 3.74. The zero-order valence-electron chi connectivity index (χ0n) is 12.4. The molecule has 116 valence electrons. The Balaban J connectivity index is 2.85. The average Bonchev–Trinajstić information content (AvgIpc) is 2.45. The van der Waals surface area contributed by atoms with Gasteiger partial charge in [-0.05, 0) is 25.0 Å². The maximum atomic E-state index is 12.6. The molecule has 1 atom stereocenters. The van der Waals surface area contributed by atoms with Crippen molar-refractivity contribution in [1.82, 2.24) is 4.57 Å². The summed E-state index contributed by atoms with van der Waals surface area (Å²) in [5.41, 5.74) is -2.17. The van der Waals surface area contributed by atoms with Crippen molar-refractivity contribution in [1.29, 1.82) is 0 Å². The Bertz CT molecular complexity index is 824. The van der Waals surface area contributed by atoms with Crippen molar-refractivity contribution >= 4 is 22.4 Å². The summed E-state index contributed by atoms with van der Waals surface area (Å²) in [5.74, 6) is -1.48. The Hall–Kier alpha value is -2.70. The van der Waals surface area contributed by atoms with Crippen molar-refractivity contribution in [2.45, 2.75) is 26.3 Å². The van der Waals surface area contributed by atoms with Gasteiger partial charge in [0.25, 0.3) is 11.2 Å². The van der Waals surface area contributed by atoms with E-state index in [2.05, 4.69) is 0 Å². The highest BCUT2D eigenvalue weighted by Crippen LogP contribution is 2.28. The first-order valence-corrected chi connectivity index (χ1v) is 6.74. The number of benzene rings is 1. The third-order valence-corrected chi connectivity index (χ3v) is 4.18. The van der Waals surface area contributed by atoms with Crippen LogP contribution in [-0.2, 0) is 10.3 Å². The minimum absolute atomic E-state index is 0.129. The van der Waals surface area contributed by atoms with E-state index in [9.17, 15) is 24.8 Å². The lowest BCUT2D eigenvalue weighted by Crippen LogP contribution is -2.48. The van der Waals surface area contributed by atoms with Gasteiger partial charge in [0, 0.05) is 12.3 Å². The van der Waals surface area contributed by atoms with E-state index in [1.165, 1.54) is 37.4 Å². The number of hydrogen-bond acceptors (Lipinski definition) is 4. The van der Waals surface area contributed by atoms with Gasteiger partial charge in [-0.1, -0.05) is 19.9 Å². The molecule has 1 heterocycles. The summed E-state index contributed by atoms with van der Waals surface area (Å²) in [6, 6.07) is 5.60. The highest BCUT2D eigenvalue weighted by molar-refractivity contribution is 5.90. The SMILES string of the molecule is CC(C)[C@](C)(C(=O)O)n1ccc2c([N+](=O)[O-])cccc2c1=O. The minimum atomic E-state index is -1.43. The molecule has 0 spiro atoms. The van der Waals surface area contributed by atoms with Crippen LogP contribution in [0.2, 0.25) is 0 Å². The molecule has 0 saturated heterocycles. The van der Waals surface area contributed by atoms with Gasteiger partial charge in [0.2, 0.25) is 0 Å². The maximum absolute atomic E-state index is 12.6. The first-order chi connectivity index (χ1) is 10.2. The predicted molar refractivity (Wildman–Crippen MR) is 81.0 cm³/mol. The number of carboxylic acid groups (broad SMARTS) is 1. The van der Waals surface area contributed by atoms with Gasteiger partial charge >= 0.3 is 5.97 Å². The lowest BCUT2D eigenvalue weighted by atomic mass is 9.87. The molecule has 7 nitrogen and oxygen atoms in total. The highest BCUT2D eigenvalue weighted by atomic mass is 16.6. The third-order valence-electron chi connectivity index (χ3n) is 4.18. The summed E-state index contributed by atoms with van der Waals surface area (Å²) in [5, 5.41) is 20.9. The molecule has 0 aliphatic rings. The second kappa shape index (κ2) is 5.25. The summed E-state index contributed by atoms with van der Waals surface area (Å²) < 4.78 is 1.13. The molecule has 0 unspecified atom stereocenters. The molecule has 0 radical (unpaired) electrons. The Morgan fingerprint density at radius 2 is 1.95 bits per heavy atom. The zero-order chi connectivity index (χ0) is 16.7. The number of carboxylic acids is 1. The van der Waals surface area contributed by atoms with Crippen molar-refractivity contribution in [2.24, 2.45) is 5.92 Å². The van der Waals surface area contributed by atoms with Gasteiger partial charge in [-0.2, -0.15) is 0 Å². The molecular weight excluding hydrogens is 288 g/mol. The first-order valence-electron chi connectivity index (χ1n) is 6.74. The van der Waals surface area contributed by atoms with Crippen molar-refractivity contribution in [3.05, 3.63) is 50.9 Å². The number of non-ortho nitro benzene ring substituents is 1. The van der Waals surface area contributed by atoms with E-state index in [0.717, 1.165) is 4.57 Å². The molecule has 7 heteroatoms. The summed E-state index contributed by atoms with van der Waals surface area (Å²) in [7, 11) is 0.